The predicted octanol–water partition coefficient (Wildman–Crippen LogP) is 7.03. The molecule has 1 aromatic carbocycles. The van der Waals surface area contributed by atoms with E-state index in [1.165, 1.54) is 0 Å². The number of allylic oxidation sites excluding steroid dienone is 4. The molecule has 1 aromatic rings. The lowest BCUT2D eigenvalue weighted by Gasteiger charge is -2.30. The molecular formula is C23H32F3IN3P. The van der Waals surface area contributed by atoms with Crippen LogP contribution in [0.25, 0.3) is 0 Å². The number of rotatable bonds is 6. The number of hydrogen-bond donors (Lipinski definition) is 2. The molecule has 2 rings (SSSR count). The van der Waals surface area contributed by atoms with Crippen LogP contribution in [0.15, 0.2) is 64.8 Å². The molecule has 31 heavy (non-hydrogen) atoms. The Hall–Kier alpha value is -1.34. The fraction of sp³-hybridized carbons (Fsp3) is 0.435. The van der Waals surface area contributed by atoms with Gasteiger partial charge in [-0.2, -0.15) is 13.2 Å². The lowest BCUT2D eigenvalue weighted by atomic mass is 9.92. The van der Waals surface area contributed by atoms with Crippen molar-refractivity contribution in [2.24, 2.45) is 10.9 Å². The largest absolute Gasteiger partial charge is 0.432 e. The molecular weight excluding hydrogens is 533 g/mol. The SMILES string of the molecule is C=C(/C=C1\NCCCC1Nc1ccccc1C)/C(=C/C(=NC)C(F)(F)F)C(C)C.PI. The van der Waals surface area contributed by atoms with Crippen molar-refractivity contribution in [3.8, 4) is 0 Å². The minimum absolute atomic E-state index is 0.0527. The number of aliphatic imine (C=N–C) groups is 1. The number of benzene rings is 1. The zero-order valence-electron chi connectivity index (χ0n) is 18.5. The summed E-state index contributed by atoms with van der Waals surface area (Å²) in [6.45, 7) is 13.0. The molecule has 0 bridgehead atoms. The van der Waals surface area contributed by atoms with Crippen LogP contribution in [0.2, 0.25) is 0 Å². The number of aryl methyl sites for hydroxylation is 1. The Kier molecular flexibility index (Phi) is 11.8. The summed E-state index contributed by atoms with van der Waals surface area (Å²) in [4.78, 5) is 3.42. The normalized spacial score (nSPS) is 18.9. The molecule has 3 nitrogen and oxygen atoms in total. The van der Waals surface area contributed by atoms with Crippen molar-refractivity contribution in [1.29, 1.82) is 0 Å². The maximum Gasteiger partial charge on any atom is 0.432 e. The van der Waals surface area contributed by atoms with Crippen LogP contribution in [-0.2, 0) is 0 Å². The zero-order chi connectivity index (χ0) is 23.6. The first-order valence-electron chi connectivity index (χ1n) is 10.1. The molecule has 2 atom stereocenters. The van der Waals surface area contributed by atoms with Gasteiger partial charge in [0, 0.05) is 25.0 Å². The first-order valence-corrected chi connectivity index (χ1v) is 14.2. The number of nitrogens with one attached hydrogen (secondary N) is 2. The second-order valence-corrected chi connectivity index (χ2v) is 7.57. The lowest BCUT2D eigenvalue weighted by molar-refractivity contribution is -0.0578. The molecule has 1 saturated heterocycles. The Morgan fingerprint density at radius 1 is 1.32 bits per heavy atom. The van der Waals surface area contributed by atoms with Gasteiger partial charge in [0.05, 0.1) is 6.04 Å². The van der Waals surface area contributed by atoms with Crippen LogP contribution in [0.1, 0.15) is 32.3 Å². The van der Waals surface area contributed by atoms with Crippen LogP contribution in [0.4, 0.5) is 18.9 Å². The average Bonchev–Trinajstić information content (AvgIpc) is 2.72. The van der Waals surface area contributed by atoms with E-state index in [1.54, 1.807) is 0 Å². The van der Waals surface area contributed by atoms with Gasteiger partial charge in [-0.3, -0.25) is 4.99 Å². The maximum atomic E-state index is 13.2. The Morgan fingerprint density at radius 2 is 1.97 bits per heavy atom. The summed E-state index contributed by atoms with van der Waals surface area (Å²) in [5.41, 5.74) is 3.33. The van der Waals surface area contributed by atoms with Gasteiger partial charge in [0.25, 0.3) is 0 Å². The smallest absolute Gasteiger partial charge is 0.387 e. The number of anilines is 1. The third kappa shape index (κ3) is 8.60. The van der Waals surface area contributed by atoms with Crippen molar-refractivity contribution in [3.05, 3.63) is 65.4 Å². The standard InChI is InChI=1S/C23H30F3N3.H2IP/c1-15(2)18(14-22(27-5)23(24,25)26)17(4)13-21-20(11-8-12-28-21)29-19-10-7-6-9-16(19)3;1-2/h6-7,9-10,13-15,20,28-29H,4,8,11-12H2,1-3,5H3;2H2/b18-14+,21-13-,27-22?;. The van der Waals surface area contributed by atoms with E-state index in [-0.39, 0.29) is 12.0 Å². The quantitative estimate of drug-likeness (QED) is 0.168. The Bertz CT molecular complexity index is 830. The Morgan fingerprint density at radius 3 is 2.52 bits per heavy atom. The molecule has 0 aromatic heterocycles. The first kappa shape index (κ1) is 27.7. The van der Waals surface area contributed by atoms with Crippen LogP contribution in [0, 0.1) is 12.8 Å². The van der Waals surface area contributed by atoms with Crippen molar-refractivity contribution in [3.63, 3.8) is 0 Å². The van der Waals surface area contributed by atoms with Gasteiger partial charge in [0.2, 0.25) is 0 Å². The van der Waals surface area contributed by atoms with Crippen molar-refractivity contribution in [2.45, 2.75) is 45.8 Å². The van der Waals surface area contributed by atoms with E-state index in [2.05, 4.69) is 51.1 Å². The number of nitrogens with zero attached hydrogens (tertiary/aromatic N) is 1. The molecule has 0 amide bonds. The summed E-state index contributed by atoms with van der Waals surface area (Å²) in [5.74, 6) is -0.121. The highest BCUT2D eigenvalue weighted by Crippen LogP contribution is 2.27. The number of piperidine rings is 1. The van der Waals surface area contributed by atoms with Gasteiger partial charge in [0.15, 0.2) is 0 Å². The summed E-state index contributed by atoms with van der Waals surface area (Å²) in [7, 11) is 1.16. The molecule has 0 saturated carbocycles. The molecule has 2 unspecified atom stereocenters. The van der Waals surface area contributed by atoms with Gasteiger partial charge in [-0.05, 0) is 60.6 Å². The highest BCUT2D eigenvalue weighted by atomic mass is 127. The minimum atomic E-state index is -4.49. The molecule has 1 heterocycles. The summed E-state index contributed by atoms with van der Waals surface area (Å²) >= 11 is 2.07. The lowest BCUT2D eigenvalue weighted by Crippen LogP contribution is -2.36. The van der Waals surface area contributed by atoms with Crippen LogP contribution in [0.5, 0.6) is 0 Å². The molecule has 172 valence electrons. The average molecular weight is 565 g/mol. The van der Waals surface area contributed by atoms with E-state index in [9.17, 15) is 13.2 Å². The minimum Gasteiger partial charge on any atom is -0.387 e. The van der Waals surface area contributed by atoms with Crippen LogP contribution in [0.3, 0.4) is 0 Å². The first-order chi connectivity index (χ1) is 14.6. The van der Waals surface area contributed by atoms with Gasteiger partial charge in [-0.25, -0.2) is 0 Å². The third-order valence-corrected chi connectivity index (χ3v) is 5.00. The molecule has 1 fully saturated rings. The van der Waals surface area contributed by atoms with Crippen LogP contribution < -0.4 is 10.6 Å². The van der Waals surface area contributed by atoms with E-state index in [0.29, 0.717) is 11.1 Å². The van der Waals surface area contributed by atoms with Gasteiger partial charge >= 0.3 is 6.18 Å². The van der Waals surface area contributed by atoms with E-state index in [1.807, 2.05) is 51.1 Å². The molecule has 0 radical (unpaired) electrons. The van der Waals surface area contributed by atoms with Crippen molar-refractivity contribution < 1.29 is 13.2 Å². The fourth-order valence-electron chi connectivity index (χ4n) is 3.36. The third-order valence-electron chi connectivity index (χ3n) is 5.00. The van der Waals surface area contributed by atoms with Gasteiger partial charge in [0.1, 0.15) is 5.71 Å². The summed E-state index contributed by atoms with van der Waals surface area (Å²) < 4.78 is 39.5. The summed E-state index contributed by atoms with van der Waals surface area (Å²) in [5, 5.41) is 6.94. The molecule has 1 aliphatic rings. The van der Waals surface area contributed by atoms with Crippen molar-refractivity contribution in [2.75, 3.05) is 18.9 Å². The number of para-hydroxylation sites is 1. The summed E-state index contributed by atoms with van der Waals surface area (Å²) in [6, 6.07) is 8.10. The number of hydrogen-bond acceptors (Lipinski definition) is 3. The van der Waals surface area contributed by atoms with E-state index in [0.717, 1.165) is 49.5 Å². The Labute approximate surface area is 199 Å². The van der Waals surface area contributed by atoms with Crippen LogP contribution >= 0.6 is 28.9 Å². The van der Waals surface area contributed by atoms with Gasteiger partial charge in [-0.1, -0.05) is 67.5 Å². The van der Waals surface area contributed by atoms with Gasteiger partial charge < -0.3 is 10.6 Å². The number of halogens is 4. The molecule has 1 aliphatic heterocycles. The monoisotopic (exact) mass is 565 g/mol. The highest BCUT2D eigenvalue weighted by Gasteiger charge is 2.34. The number of alkyl halides is 3. The maximum absolute atomic E-state index is 13.2. The summed E-state index contributed by atoms with van der Waals surface area (Å²) in [6.07, 6.45) is 0.438. The second-order valence-electron chi connectivity index (χ2n) is 7.57. The van der Waals surface area contributed by atoms with E-state index < -0.39 is 11.9 Å². The highest BCUT2D eigenvalue weighted by molar-refractivity contribution is 14.2. The topological polar surface area (TPSA) is 36.4 Å². The second kappa shape index (κ2) is 13.3. The molecule has 2 N–H and O–H groups in total. The molecule has 8 heteroatoms. The van der Waals surface area contributed by atoms with Crippen LogP contribution in [-0.4, -0.2) is 31.5 Å². The zero-order valence-corrected chi connectivity index (χ0v) is 21.8. The van der Waals surface area contributed by atoms with Crippen molar-refractivity contribution in [1.82, 2.24) is 5.32 Å². The fourth-order valence-corrected chi connectivity index (χ4v) is 3.36. The van der Waals surface area contributed by atoms with E-state index >= 15 is 0 Å². The molecule has 0 aliphatic carbocycles. The van der Waals surface area contributed by atoms with E-state index in [4.69, 9.17) is 0 Å². The predicted molar refractivity (Wildman–Crippen MR) is 139 cm³/mol. The molecule has 0 spiro atoms. The van der Waals surface area contributed by atoms with Crippen molar-refractivity contribution >= 4 is 40.3 Å². The van der Waals surface area contributed by atoms with Gasteiger partial charge in [-0.15, -0.1) is 0 Å². The Balaban J connectivity index is 0.00000233.